The van der Waals surface area contributed by atoms with E-state index in [4.69, 9.17) is 9.84 Å². The zero-order chi connectivity index (χ0) is 20.9. The van der Waals surface area contributed by atoms with Crippen molar-refractivity contribution in [2.24, 2.45) is 0 Å². The number of rotatable bonds is 12. The van der Waals surface area contributed by atoms with E-state index in [1.165, 1.54) is 0 Å². The summed E-state index contributed by atoms with van der Waals surface area (Å²) in [5.41, 5.74) is 1.29. The highest BCUT2D eigenvalue weighted by molar-refractivity contribution is 6.08. The van der Waals surface area contributed by atoms with Gasteiger partial charge in [-0.05, 0) is 37.1 Å². The van der Waals surface area contributed by atoms with Crippen LogP contribution in [0.5, 0.6) is 5.75 Å². The van der Waals surface area contributed by atoms with Gasteiger partial charge in [0.2, 0.25) is 5.91 Å². The highest BCUT2D eigenvalue weighted by Crippen LogP contribution is 2.16. The van der Waals surface area contributed by atoms with E-state index in [2.05, 4.69) is 5.32 Å². The van der Waals surface area contributed by atoms with Crippen LogP contribution in [0.1, 0.15) is 41.6 Å². The van der Waals surface area contributed by atoms with Crippen LogP contribution in [-0.2, 0) is 9.59 Å². The molecule has 2 aromatic carbocycles. The van der Waals surface area contributed by atoms with Gasteiger partial charge in [-0.15, -0.1) is 0 Å². The van der Waals surface area contributed by atoms with Gasteiger partial charge in [0.05, 0.1) is 6.61 Å². The number of aliphatic carboxylic acids is 1. The molecule has 0 radical (unpaired) electrons. The molecular weight excluding hydrogens is 370 g/mol. The lowest BCUT2D eigenvalue weighted by atomic mass is 10.0. The molecule has 0 unspecified atom stereocenters. The Morgan fingerprint density at radius 1 is 0.828 bits per heavy atom. The molecule has 6 heteroatoms. The number of ketones is 1. The molecule has 1 amide bonds. The number of unbranched alkanes of at least 4 members (excludes halogenated alkanes) is 3. The largest absolute Gasteiger partial charge is 0.494 e. The SMILES string of the molecule is O=C(O)/C=C\C(=O)NCCCCCCOc1ccc(C(=O)c2ccccc2)cc1. The monoisotopic (exact) mass is 395 g/mol. The van der Waals surface area contributed by atoms with Crippen LogP contribution in [0.4, 0.5) is 0 Å². The highest BCUT2D eigenvalue weighted by Gasteiger charge is 2.08. The number of ether oxygens (including phenoxy) is 1. The summed E-state index contributed by atoms with van der Waals surface area (Å²) in [6.07, 6.45) is 5.44. The molecule has 0 atom stereocenters. The Kier molecular flexibility index (Phi) is 9.15. The Bertz CT molecular complexity index is 828. The maximum atomic E-state index is 12.4. The lowest BCUT2D eigenvalue weighted by Crippen LogP contribution is -2.22. The quantitative estimate of drug-likeness (QED) is 0.325. The molecule has 2 aromatic rings. The van der Waals surface area contributed by atoms with Crippen LogP contribution in [0.15, 0.2) is 66.7 Å². The van der Waals surface area contributed by atoms with Crippen molar-refractivity contribution >= 4 is 17.7 Å². The number of nitrogens with one attached hydrogen (secondary N) is 1. The number of carboxylic acids is 1. The summed E-state index contributed by atoms with van der Waals surface area (Å²) in [6.45, 7) is 1.10. The first-order valence-electron chi connectivity index (χ1n) is 9.58. The summed E-state index contributed by atoms with van der Waals surface area (Å²) in [7, 11) is 0. The molecule has 0 aliphatic heterocycles. The molecule has 0 heterocycles. The number of carbonyl (C=O) groups excluding carboxylic acids is 2. The van der Waals surface area contributed by atoms with Gasteiger partial charge in [-0.2, -0.15) is 0 Å². The molecule has 0 spiro atoms. The standard InChI is InChI=1S/C23H25NO5/c25-21(14-15-22(26)27)24-16-6-1-2-7-17-29-20-12-10-19(11-13-20)23(28)18-8-4-3-5-9-18/h3-5,8-15H,1-2,6-7,16-17H2,(H,24,25)(H,26,27)/b15-14-. The average Bonchev–Trinajstić information content (AvgIpc) is 2.74. The van der Waals surface area contributed by atoms with Crippen LogP contribution in [0.3, 0.4) is 0 Å². The van der Waals surface area contributed by atoms with E-state index in [9.17, 15) is 14.4 Å². The van der Waals surface area contributed by atoms with Crippen molar-refractivity contribution in [1.29, 1.82) is 0 Å². The van der Waals surface area contributed by atoms with E-state index in [1.807, 2.05) is 18.2 Å². The summed E-state index contributed by atoms with van der Waals surface area (Å²) in [5.74, 6) is -0.822. The van der Waals surface area contributed by atoms with E-state index in [-0.39, 0.29) is 5.78 Å². The van der Waals surface area contributed by atoms with Crippen LogP contribution in [-0.4, -0.2) is 35.9 Å². The second kappa shape index (κ2) is 12.1. The fourth-order valence-electron chi connectivity index (χ4n) is 2.65. The molecule has 6 nitrogen and oxygen atoms in total. The lowest BCUT2D eigenvalue weighted by molar-refractivity contribution is -0.131. The van der Waals surface area contributed by atoms with Crippen molar-refractivity contribution in [1.82, 2.24) is 5.32 Å². The molecule has 0 saturated carbocycles. The third kappa shape index (κ3) is 8.43. The van der Waals surface area contributed by atoms with E-state index in [0.717, 1.165) is 43.6 Å². The first-order valence-corrected chi connectivity index (χ1v) is 9.58. The van der Waals surface area contributed by atoms with Crippen LogP contribution < -0.4 is 10.1 Å². The van der Waals surface area contributed by atoms with E-state index in [0.29, 0.717) is 24.3 Å². The zero-order valence-corrected chi connectivity index (χ0v) is 16.2. The molecule has 0 aliphatic carbocycles. The van der Waals surface area contributed by atoms with Gasteiger partial charge in [0.25, 0.3) is 0 Å². The number of benzene rings is 2. The molecule has 0 aliphatic rings. The Hall–Kier alpha value is -3.41. The smallest absolute Gasteiger partial charge is 0.328 e. The molecule has 2 rings (SSSR count). The van der Waals surface area contributed by atoms with Crippen LogP contribution in [0, 0.1) is 0 Å². The van der Waals surface area contributed by atoms with Crippen LogP contribution >= 0.6 is 0 Å². The molecule has 29 heavy (non-hydrogen) atoms. The maximum Gasteiger partial charge on any atom is 0.328 e. The van der Waals surface area contributed by atoms with Crippen molar-refractivity contribution < 1.29 is 24.2 Å². The first-order chi connectivity index (χ1) is 14.1. The number of carboxylic acid groups (broad SMARTS) is 1. The first kappa shape index (κ1) is 21.9. The molecule has 0 bridgehead atoms. The molecule has 0 saturated heterocycles. The minimum Gasteiger partial charge on any atom is -0.494 e. The van der Waals surface area contributed by atoms with Gasteiger partial charge in [0.15, 0.2) is 5.78 Å². The fourth-order valence-corrected chi connectivity index (χ4v) is 2.65. The zero-order valence-electron chi connectivity index (χ0n) is 16.2. The van der Waals surface area contributed by atoms with E-state index in [1.54, 1.807) is 36.4 Å². The molecular formula is C23H25NO5. The fraction of sp³-hybridized carbons (Fsp3) is 0.261. The second-order valence-electron chi connectivity index (χ2n) is 6.44. The van der Waals surface area contributed by atoms with Gasteiger partial charge in [-0.1, -0.05) is 43.2 Å². The predicted molar refractivity (Wildman–Crippen MR) is 110 cm³/mol. The Morgan fingerprint density at radius 3 is 2.17 bits per heavy atom. The summed E-state index contributed by atoms with van der Waals surface area (Å²) < 4.78 is 5.70. The predicted octanol–water partition coefficient (Wildman–Crippen LogP) is 3.61. The topological polar surface area (TPSA) is 92.7 Å². The summed E-state index contributed by atoms with van der Waals surface area (Å²) >= 11 is 0. The van der Waals surface area contributed by atoms with Gasteiger partial charge in [-0.3, -0.25) is 9.59 Å². The summed E-state index contributed by atoms with van der Waals surface area (Å²) in [4.78, 5) is 33.9. The maximum absolute atomic E-state index is 12.4. The van der Waals surface area contributed by atoms with Crippen molar-refractivity contribution in [2.45, 2.75) is 25.7 Å². The van der Waals surface area contributed by atoms with Crippen molar-refractivity contribution in [3.05, 3.63) is 77.9 Å². The molecule has 0 fully saturated rings. The Labute approximate surface area is 170 Å². The second-order valence-corrected chi connectivity index (χ2v) is 6.44. The van der Waals surface area contributed by atoms with Gasteiger partial charge in [0.1, 0.15) is 5.75 Å². The van der Waals surface area contributed by atoms with E-state index < -0.39 is 11.9 Å². The minimum atomic E-state index is -1.14. The Balaban J connectivity index is 1.58. The van der Waals surface area contributed by atoms with Gasteiger partial charge in [0, 0.05) is 29.8 Å². The summed E-state index contributed by atoms with van der Waals surface area (Å²) in [6, 6.07) is 16.3. The number of amides is 1. The molecule has 2 N–H and O–H groups in total. The third-order valence-corrected chi connectivity index (χ3v) is 4.17. The van der Waals surface area contributed by atoms with Gasteiger partial charge in [-0.25, -0.2) is 4.79 Å². The lowest BCUT2D eigenvalue weighted by Gasteiger charge is -2.07. The number of hydrogen-bond acceptors (Lipinski definition) is 4. The normalized spacial score (nSPS) is 10.6. The Morgan fingerprint density at radius 2 is 1.48 bits per heavy atom. The minimum absolute atomic E-state index is 0.0114. The van der Waals surface area contributed by atoms with E-state index >= 15 is 0 Å². The molecule has 0 aromatic heterocycles. The molecule has 152 valence electrons. The van der Waals surface area contributed by atoms with Crippen molar-refractivity contribution in [3.63, 3.8) is 0 Å². The number of carbonyl (C=O) groups is 3. The highest BCUT2D eigenvalue weighted by atomic mass is 16.5. The van der Waals surface area contributed by atoms with Crippen molar-refractivity contribution in [3.8, 4) is 5.75 Å². The van der Waals surface area contributed by atoms with Gasteiger partial charge < -0.3 is 15.2 Å². The summed E-state index contributed by atoms with van der Waals surface area (Å²) in [5, 5.41) is 11.1. The third-order valence-electron chi connectivity index (χ3n) is 4.17. The number of hydrogen-bond donors (Lipinski definition) is 2. The van der Waals surface area contributed by atoms with Crippen molar-refractivity contribution in [2.75, 3.05) is 13.2 Å². The van der Waals surface area contributed by atoms with Crippen LogP contribution in [0.2, 0.25) is 0 Å². The van der Waals surface area contributed by atoms with Crippen LogP contribution in [0.25, 0.3) is 0 Å². The van der Waals surface area contributed by atoms with Gasteiger partial charge >= 0.3 is 5.97 Å². The average molecular weight is 395 g/mol.